The smallest absolute Gasteiger partial charge is 0.133 e. The molecular formula is C16H16Br2O3. The minimum atomic E-state index is -0.0502. The summed E-state index contributed by atoms with van der Waals surface area (Å²) < 4.78 is 17.1. The van der Waals surface area contributed by atoms with E-state index in [9.17, 15) is 0 Å². The van der Waals surface area contributed by atoms with Crippen LogP contribution < -0.4 is 14.2 Å². The predicted octanol–water partition coefficient (Wildman–Crippen LogP) is 4.96. The van der Waals surface area contributed by atoms with Gasteiger partial charge in [-0.1, -0.05) is 28.1 Å². The first kappa shape index (κ1) is 16.2. The number of halogens is 2. The Morgan fingerprint density at radius 2 is 1.43 bits per heavy atom. The lowest BCUT2D eigenvalue weighted by Crippen LogP contribution is -2.01. The van der Waals surface area contributed by atoms with Crippen LogP contribution in [0.15, 0.2) is 40.9 Å². The van der Waals surface area contributed by atoms with Gasteiger partial charge < -0.3 is 14.2 Å². The van der Waals surface area contributed by atoms with Gasteiger partial charge in [0.2, 0.25) is 0 Å². The van der Waals surface area contributed by atoms with Gasteiger partial charge in [-0.15, -0.1) is 0 Å². The van der Waals surface area contributed by atoms with Gasteiger partial charge in [-0.3, -0.25) is 0 Å². The Bertz CT molecular complexity index is 607. The third-order valence-corrected chi connectivity index (χ3v) is 4.79. The highest BCUT2D eigenvalue weighted by Gasteiger charge is 2.21. The molecule has 1 atom stereocenters. The number of methoxy groups -OCH3 is 3. The predicted molar refractivity (Wildman–Crippen MR) is 91.0 cm³/mol. The van der Waals surface area contributed by atoms with E-state index in [0.29, 0.717) is 0 Å². The quantitative estimate of drug-likeness (QED) is 0.646. The molecule has 0 bridgehead atoms. The van der Waals surface area contributed by atoms with Crippen molar-refractivity contribution in [2.75, 3.05) is 21.3 Å². The van der Waals surface area contributed by atoms with E-state index in [4.69, 9.17) is 14.2 Å². The molecule has 0 amide bonds. The average molecular weight is 416 g/mol. The molecule has 112 valence electrons. The fraction of sp³-hybridized carbons (Fsp3) is 0.250. The van der Waals surface area contributed by atoms with Crippen molar-refractivity contribution >= 4 is 31.9 Å². The largest absolute Gasteiger partial charge is 0.496 e. The van der Waals surface area contributed by atoms with Gasteiger partial charge in [0, 0.05) is 0 Å². The number of rotatable bonds is 5. The first-order chi connectivity index (χ1) is 10.1. The molecule has 0 aliphatic rings. The zero-order valence-electron chi connectivity index (χ0n) is 12.0. The van der Waals surface area contributed by atoms with Gasteiger partial charge >= 0.3 is 0 Å². The zero-order valence-corrected chi connectivity index (χ0v) is 15.2. The SMILES string of the molecule is COc1ccc(C(Br)c2c(OC)cccc2OC)cc1Br. The lowest BCUT2D eigenvalue weighted by Gasteiger charge is -2.18. The van der Waals surface area contributed by atoms with Crippen molar-refractivity contribution in [2.24, 2.45) is 0 Å². The van der Waals surface area contributed by atoms with Crippen molar-refractivity contribution < 1.29 is 14.2 Å². The fourth-order valence-electron chi connectivity index (χ4n) is 2.14. The first-order valence-corrected chi connectivity index (χ1v) is 8.01. The summed E-state index contributed by atoms with van der Waals surface area (Å²) >= 11 is 7.25. The van der Waals surface area contributed by atoms with Crippen molar-refractivity contribution in [2.45, 2.75) is 4.83 Å². The fourth-order valence-corrected chi connectivity index (χ4v) is 3.43. The van der Waals surface area contributed by atoms with Gasteiger partial charge in [0.25, 0.3) is 0 Å². The van der Waals surface area contributed by atoms with E-state index in [1.165, 1.54) is 0 Å². The summed E-state index contributed by atoms with van der Waals surface area (Å²) in [5.41, 5.74) is 2.03. The highest BCUT2D eigenvalue weighted by atomic mass is 79.9. The van der Waals surface area contributed by atoms with Crippen molar-refractivity contribution in [1.29, 1.82) is 0 Å². The standard InChI is InChI=1S/C16H16Br2O3/c1-19-12-8-7-10(9-11(12)17)16(18)15-13(20-2)5-4-6-14(15)21-3/h4-9,16H,1-3H3. The monoisotopic (exact) mass is 414 g/mol. The maximum absolute atomic E-state index is 5.46. The third-order valence-electron chi connectivity index (χ3n) is 3.19. The highest BCUT2D eigenvalue weighted by Crippen LogP contribution is 2.43. The van der Waals surface area contributed by atoms with Gasteiger partial charge in [-0.25, -0.2) is 0 Å². The normalized spacial score (nSPS) is 11.9. The van der Waals surface area contributed by atoms with Crippen molar-refractivity contribution in [3.05, 3.63) is 52.0 Å². The van der Waals surface area contributed by atoms with E-state index in [0.717, 1.165) is 32.8 Å². The summed E-state index contributed by atoms with van der Waals surface area (Å²) in [6, 6.07) is 11.7. The molecule has 21 heavy (non-hydrogen) atoms. The molecule has 2 aromatic rings. The van der Waals surface area contributed by atoms with Crippen LogP contribution in [0.5, 0.6) is 17.2 Å². The number of benzene rings is 2. The second-order valence-electron chi connectivity index (χ2n) is 4.33. The van der Waals surface area contributed by atoms with Crippen LogP contribution in [0.2, 0.25) is 0 Å². The lowest BCUT2D eigenvalue weighted by molar-refractivity contribution is 0.386. The van der Waals surface area contributed by atoms with Crippen molar-refractivity contribution in [3.63, 3.8) is 0 Å². The van der Waals surface area contributed by atoms with Crippen LogP contribution >= 0.6 is 31.9 Å². The van der Waals surface area contributed by atoms with Crippen LogP contribution in [0, 0.1) is 0 Å². The molecule has 0 saturated carbocycles. The summed E-state index contributed by atoms with van der Waals surface area (Å²) in [4.78, 5) is -0.0502. The van der Waals surface area contributed by atoms with Gasteiger partial charge in [-0.05, 0) is 45.8 Å². The molecule has 0 N–H and O–H groups in total. The summed E-state index contributed by atoms with van der Waals surface area (Å²) in [6.45, 7) is 0. The molecule has 0 fully saturated rings. The Balaban J connectivity index is 2.49. The minimum absolute atomic E-state index is 0.0502. The van der Waals surface area contributed by atoms with E-state index >= 15 is 0 Å². The Morgan fingerprint density at radius 3 is 1.90 bits per heavy atom. The van der Waals surface area contributed by atoms with E-state index < -0.39 is 0 Å². The van der Waals surface area contributed by atoms with E-state index in [1.54, 1.807) is 21.3 Å². The minimum Gasteiger partial charge on any atom is -0.496 e. The number of hydrogen-bond acceptors (Lipinski definition) is 3. The van der Waals surface area contributed by atoms with Crippen LogP contribution in [0.25, 0.3) is 0 Å². The van der Waals surface area contributed by atoms with Crippen LogP contribution in [-0.4, -0.2) is 21.3 Å². The molecule has 3 nitrogen and oxygen atoms in total. The highest BCUT2D eigenvalue weighted by molar-refractivity contribution is 9.10. The molecule has 0 saturated heterocycles. The van der Waals surface area contributed by atoms with E-state index in [1.807, 2.05) is 36.4 Å². The zero-order chi connectivity index (χ0) is 15.4. The number of alkyl halides is 1. The summed E-state index contributed by atoms with van der Waals surface area (Å²) in [5.74, 6) is 2.36. The third kappa shape index (κ3) is 3.35. The molecule has 0 radical (unpaired) electrons. The molecule has 5 heteroatoms. The van der Waals surface area contributed by atoms with Gasteiger partial charge in [0.15, 0.2) is 0 Å². The molecule has 0 aliphatic carbocycles. The summed E-state index contributed by atoms with van der Waals surface area (Å²) in [5, 5.41) is 0. The lowest BCUT2D eigenvalue weighted by atomic mass is 10.0. The molecule has 0 heterocycles. The van der Waals surface area contributed by atoms with Crippen LogP contribution in [0.4, 0.5) is 0 Å². The van der Waals surface area contributed by atoms with Crippen LogP contribution in [0.3, 0.4) is 0 Å². The number of ether oxygens (including phenoxy) is 3. The van der Waals surface area contributed by atoms with Crippen LogP contribution in [-0.2, 0) is 0 Å². The topological polar surface area (TPSA) is 27.7 Å². The Labute approximate surface area is 141 Å². The average Bonchev–Trinajstić information content (AvgIpc) is 2.53. The van der Waals surface area contributed by atoms with Crippen LogP contribution in [0.1, 0.15) is 16.0 Å². The molecule has 1 unspecified atom stereocenters. The first-order valence-electron chi connectivity index (χ1n) is 6.30. The summed E-state index contributed by atoms with van der Waals surface area (Å²) in [7, 11) is 4.96. The Kier molecular flexibility index (Phi) is 5.53. The second kappa shape index (κ2) is 7.18. The molecule has 0 aromatic heterocycles. The van der Waals surface area contributed by atoms with E-state index in [-0.39, 0.29) is 4.83 Å². The second-order valence-corrected chi connectivity index (χ2v) is 6.10. The maximum Gasteiger partial charge on any atom is 0.133 e. The van der Waals surface area contributed by atoms with Gasteiger partial charge in [0.05, 0.1) is 36.2 Å². The Morgan fingerprint density at radius 1 is 0.857 bits per heavy atom. The van der Waals surface area contributed by atoms with Crippen molar-refractivity contribution in [1.82, 2.24) is 0 Å². The number of hydrogen-bond donors (Lipinski definition) is 0. The molecule has 0 spiro atoms. The van der Waals surface area contributed by atoms with Gasteiger partial charge in [0.1, 0.15) is 17.2 Å². The van der Waals surface area contributed by atoms with E-state index in [2.05, 4.69) is 31.9 Å². The van der Waals surface area contributed by atoms with Crippen molar-refractivity contribution in [3.8, 4) is 17.2 Å². The molecule has 0 aliphatic heterocycles. The Hall–Kier alpha value is -1.20. The maximum atomic E-state index is 5.46. The molecule has 2 aromatic carbocycles. The molecular weight excluding hydrogens is 400 g/mol. The molecule has 2 rings (SSSR count). The summed E-state index contributed by atoms with van der Waals surface area (Å²) in [6.07, 6.45) is 0. The van der Waals surface area contributed by atoms with Gasteiger partial charge in [-0.2, -0.15) is 0 Å².